The number of hydrogen-bond donors (Lipinski definition) is 1. The van der Waals surface area contributed by atoms with Crippen LogP contribution in [0.5, 0.6) is 0 Å². The first kappa shape index (κ1) is 7.00. The van der Waals surface area contributed by atoms with Gasteiger partial charge < -0.3 is 5.32 Å². The van der Waals surface area contributed by atoms with Crippen molar-refractivity contribution < 1.29 is 4.39 Å². The van der Waals surface area contributed by atoms with Crippen molar-refractivity contribution in [2.75, 3.05) is 13.1 Å². The quantitative estimate of drug-likeness (QED) is 0.566. The van der Waals surface area contributed by atoms with Crippen LogP contribution in [-0.2, 0) is 0 Å². The number of halogens is 1. The zero-order chi connectivity index (χ0) is 6.69. The van der Waals surface area contributed by atoms with Crippen molar-refractivity contribution in [3.8, 4) is 0 Å². The Balaban J connectivity index is 2.30. The van der Waals surface area contributed by atoms with E-state index in [1.165, 1.54) is 0 Å². The fraction of sp³-hybridized carbons (Fsp3) is 1.00. The molecule has 1 N–H and O–H groups in total. The Labute approximate surface area is 55.6 Å². The zero-order valence-electron chi connectivity index (χ0n) is 5.86. The highest BCUT2D eigenvalue weighted by Gasteiger charge is 2.21. The van der Waals surface area contributed by atoms with Gasteiger partial charge in [0.05, 0.1) is 0 Å². The van der Waals surface area contributed by atoms with Crippen LogP contribution >= 0.6 is 0 Å². The molecule has 0 aliphatic carbocycles. The van der Waals surface area contributed by atoms with E-state index in [4.69, 9.17) is 0 Å². The summed E-state index contributed by atoms with van der Waals surface area (Å²) in [7, 11) is 0. The Hall–Kier alpha value is -0.110. The van der Waals surface area contributed by atoms with Crippen molar-refractivity contribution in [1.82, 2.24) is 5.32 Å². The van der Waals surface area contributed by atoms with Crippen molar-refractivity contribution >= 4 is 0 Å². The molecule has 0 aromatic rings. The molecule has 0 amide bonds. The van der Waals surface area contributed by atoms with Gasteiger partial charge in [-0.05, 0) is 19.4 Å². The van der Waals surface area contributed by atoms with Gasteiger partial charge in [0.1, 0.15) is 6.17 Å². The SMILES string of the molecule is CCC1CNCCC1F. The van der Waals surface area contributed by atoms with Gasteiger partial charge in [0.2, 0.25) is 0 Å². The highest BCUT2D eigenvalue weighted by atomic mass is 19.1. The third-order valence-electron chi connectivity index (χ3n) is 2.04. The molecule has 1 heterocycles. The maximum absolute atomic E-state index is 12.8. The van der Waals surface area contributed by atoms with Gasteiger partial charge in [-0.25, -0.2) is 4.39 Å². The summed E-state index contributed by atoms with van der Waals surface area (Å²) in [5.41, 5.74) is 0. The van der Waals surface area contributed by atoms with Crippen molar-refractivity contribution in [2.45, 2.75) is 25.9 Å². The molecule has 0 saturated carbocycles. The van der Waals surface area contributed by atoms with Gasteiger partial charge in [-0.1, -0.05) is 6.92 Å². The lowest BCUT2D eigenvalue weighted by molar-refractivity contribution is 0.175. The summed E-state index contributed by atoms with van der Waals surface area (Å²) in [6.07, 6.45) is 1.13. The van der Waals surface area contributed by atoms with Crippen LogP contribution in [-0.4, -0.2) is 19.3 Å². The third-order valence-corrected chi connectivity index (χ3v) is 2.04. The Bertz CT molecular complexity index is 85.0. The van der Waals surface area contributed by atoms with E-state index in [0.29, 0.717) is 6.42 Å². The van der Waals surface area contributed by atoms with Crippen molar-refractivity contribution in [3.05, 3.63) is 0 Å². The van der Waals surface area contributed by atoms with Gasteiger partial charge in [-0.15, -0.1) is 0 Å². The van der Waals surface area contributed by atoms with Gasteiger partial charge in [-0.3, -0.25) is 0 Å². The summed E-state index contributed by atoms with van der Waals surface area (Å²) in [5, 5.41) is 3.18. The molecule has 1 aliphatic heterocycles. The Morgan fingerprint density at radius 2 is 2.44 bits per heavy atom. The lowest BCUT2D eigenvalue weighted by atomic mass is 9.95. The molecule has 1 fully saturated rings. The molecule has 0 radical (unpaired) electrons. The normalized spacial score (nSPS) is 36.7. The lowest BCUT2D eigenvalue weighted by Crippen LogP contribution is -2.37. The summed E-state index contributed by atoms with van der Waals surface area (Å²) in [5.74, 6) is 0.277. The molecule has 0 bridgehead atoms. The second-order valence-electron chi connectivity index (χ2n) is 2.68. The van der Waals surface area contributed by atoms with Gasteiger partial charge in [-0.2, -0.15) is 0 Å². The molecular weight excluding hydrogens is 117 g/mol. The summed E-state index contributed by atoms with van der Waals surface area (Å²) in [6.45, 7) is 3.78. The minimum absolute atomic E-state index is 0.277. The van der Waals surface area contributed by atoms with E-state index >= 15 is 0 Å². The van der Waals surface area contributed by atoms with Crippen LogP contribution in [0.4, 0.5) is 4.39 Å². The summed E-state index contributed by atoms with van der Waals surface area (Å²) < 4.78 is 12.8. The summed E-state index contributed by atoms with van der Waals surface area (Å²) in [4.78, 5) is 0. The molecule has 0 aromatic carbocycles. The lowest BCUT2D eigenvalue weighted by Gasteiger charge is -2.25. The molecule has 0 spiro atoms. The minimum atomic E-state index is -0.545. The fourth-order valence-corrected chi connectivity index (χ4v) is 1.29. The van der Waals surface area contributed by atoms with E-state index in [1.807, 2.05) is 6.92 Å². The number of nitrogens with one attached hydrogen (secondary N) is 1. The van der Waals surface area contributed by atoms with Gasteiger partial charge >= 0.3 is 0 Å². The molecule has 1 aliphatic rings. The Kier molecular flexibility index (Phi) is 2.46. The first-order chi connectivity index (χ1) is 4.34. The smallest absolute Gasteiger partial charge is 0.105 e. The zero-order valence-corrected chi connectivity index (χ0v) is 5.86. The topological polar surface area (TPSA) is 12.0 Å². The van der Waals surface area contributed by atoms with Crippen LogP contribution in [0.15, 0.2) is 0 Å². The number of alkyl halides is 1. The van der Waals surface area contributed by atoms with Crippen molar-refractivity contribution in [3.63, 3.8) is 0 Å². The van der Waals surface area contributed by atoms with Gasteiger partial charge in [0.15, 0.2) is 0 Å². The van der Waals surface area contributed by atoms with E-state index in [-0.39, 0.29) is 5.92 Å². The van der Waals surface area contributed by atoms with Gasteiger partial charge in [0.25, 0.3) is 0 Å². The van der Waals surface area contributed by atoms with Gasteiger partial charge in [0, 0.05) is 12.5 Å². The van der Waals surface area contributed by atoms with Crippen LogP contribution in [0.25, 0.3) is 0 Å². The molecule has 2 atom stereocenters. The van der Waals surface area contributed by atoms with Crippen LogP contribution < -0.4 is 5.32 Å². The van der Waals surface area contributed by atoms with Crippen molar-refractivity contribution in [1.29, 1.82) is 0 Å². The molecule has 0 aromatic heterocycles. The maximum Gasteiger partial charge on any atom is 0.105 e. The average Bonchev–Trinajstić information content (AvgIpc) is 1.89. The second-order valence-corrected chi connectivity index (χ2v) is 2.68. The number of rotatable bonds is 1. The summed E-state index contributed by atoms with van der Waals surface area (Å²) >= 11 is 0. The van der Waals surface area contributed by atoms with E-state index in [0.717, 1.165) is 19.5 Å². The fourth-order valence-electron chi connectivity index (χ4n) is 1.29. The number of piperidine rings is 1. The van der Waals surface area contributed by atoms with Crippen LogP contribution in [0, 0.1) is 5.92 Å². The van der Waals surface area contributed by atoms with E-state index < -0.39 is 6.17 Å². The van der Waals surface area contributed by atoms with Crippen LogP contribution in [0.3, 0.4) is 0 Å². The molecule has 54 valence electrons. The maximum atomic E-state index is 12.8. The Morgan fingerprint density at radius 1 is 1.67 bits per heavy atom. The molecule has 9 heavy (non-hydrogen) atoms. The second kappa shape index (κ2) is 3.16. The Morgan fingerprint density at radius 3 is 2.89 bits per heavy atom. The standard InChI is InChI=1S/C7H14FN/c1-2-6-5-9-4-3-7(6)8/h6-7,9H,2-5H2,1H3. The molecule has 1 saturated heterocycles. The predicted molar refractivity (Wildman–Crippen MR) is 36.2 cm³/mol. The first-order valence-electron chi connectivity index (χ1n) is 3.69. The van der Waals surface area contributed by atoms with E-state index in [9.17, 15) is 4.39 Å². The molecular formula is C7H14FN. The van der Waals surface area contributed by atoms with Crippen LogP contribution in [0.2, 0.25) is 0 Å². The third kappa shape index (κ3) is 1.65. The minimum Gasteiger partial charge on any atom is -0.316 e. The highest BCUT2D eigenvalue weighted by molar-refractivity contribution is 4.75. The number of hydrogen-bond acceptors (Lipinski definition) is 1. The monoisotopic (exact) mass is 131 g/mol. The van der Waals surface area contributed by atoms with Crippen LogP contribution in [0.1, 0.15) is 19.8 Å². The summed E-state index contributed by atoms with van der Waals surface area (Å²) in [6, 6.07) is 0. The average molecular weight is 131 g/mol. The largest absolute Gasteiger partial charge is 0.316 e. The van der Waals surface area contributed by atoms with E-state index in [1.54, 1.807) is 0 Å². The predicted octanol–water partition coefficient (Wildman–Crippen LogP) is 1.34. The first-order valence-corrected chi connectivity index (χ1v) is 3.69. The highest BCUT2D eigenvalue weighted by Crippen LogP contribution is 2.17. The van der Waals surface area contributed by atoms with Crippen molar-refractivity contribution in [2.24, 2.45) is 5.92 Å². The molecule has 1 rings (SSSR count). The molecule has 2 heteroatoms. The molecule has 2 unspecified atom stereocenters. The molecule has 1 nitrogen and oxygen atoms in total. The van der Waals surface area contributed by atoms with E-state index in [2.05, 4.69) is 5.32 Å².